The molecule has 0 aliphatic carbocycles. The molecule has 0 aliphatic heterocycles. The average molecular weight is 222 g/mol. The van der Waals surface area contributed by atoms with Gasteiger partial charge in [0.25, 0.3) is 5.91 Å². The number of carbonyl (C=O) groups excluding carboxylic acids is 1. The Balaban J connectivity index is 2.37. The molecule has 0 atom stereocenters. The quantitative estimate of drug-likeness (QED) is 0.738. The molecule has 0 spiro atoms. The summed E-state index contributed by atoms with van der Waals surface area (Å²) in [5.41, 5.74) is 0.479. The smallest absolute Gasteiger partial charge is 0.272 e. The second kappa shape index (κ2) is 6.95. The first kappa shape index (κ1) is 12.6. The fraction of sp³-hybridized carbons (Fsp3) is 0.500. The van der Waals surface area contributed by atoms with Gasteiger partial charge in [-0.15, -0.1) is 0 Å². The van der Waals surface area contributed by atoms with E-state index in [-0.39, 0.29) is 12.5 Å². The molecule has 4 nitrogen and oxygen atoms in total. The molecule has 0 saturated carbocycles. The molecule has 0 bridgehead atoms. The van der Waals surface area contributed by atoms with Gasteiger partial charge in [0.05, 0.1) is 0 Å². The highest BCUT2D eigenvalue weighted by Crippen LogP contribution is 2.02. The number of carbonyl (C=O) groups is 1. The third-order valence-electron chi connectivity index (χ3n) is 2.38. The van der Waals surface area contributed by atoms with Crippen LogP contribution in [0.5, 0.6) is 0 Å². The SMILES string of the molecule is CN(CCCCCO)C(=O)c1ccccn1. The van der Waals surface area contributed by atoms with Crippen LogP contribution in [0.2, 0.25) is 0 Å². The molecule has 0 unspecified atom stereocenters. The van der Waals surface area contributed by atoms with Crippen LogP contribution in [0.15, 0.2) is 24.4 Å². The van der Waals surface area contributed by atoms with Gasteiger partial charge in [0.15, 0.2) is 0 Å². The second-order valence-electron chi connectivity index (χ2n) is 3.73. The van der Waals surface area contributed by atoms with Crippen LogP contribution in [0.4, 0.5) is 0 Å². The molecule has 16 heavy (non-hydrogen) atoms. The van der Waals surface area contributed by atoms with E-state index in [2.05, 4.69) is 4.98 Å². The largest absolute Gasteiger partial charge is 0.396 e. The lowest BCUT2D eigenvalue weighted by atomic mass is 10.2. The summed E-state index contributed by atoms with van der Waals surface area (Å²) in [5, 5.41) is 8.63. The number of amides is 1. The van der Waals surface area contributed by atoms with E-state index in [4.69, 9.17) is 5.11 Å². The molecule has 1 N–H and O–H groups in total. The summed E-state index contributed by atoms with van der Waals surface area (Å²) < 4.78 is 0. The van der Waals surface area contributed by atoms with Crippen molar-refractivity contribution in [1.82, 2.24) is 9.88 Å². The highest BCUT2D eigenvalue weighted by atomic mass is 16.2. The summed E-state index contributed by atoms with van der Waals surface area (Å²) in [4.78, 5) is 17.5. The van der Waals surface area contributed by atoms with Crippen LogP contribution in [0.3, 0.4) is 0 Å². The summed E-state index contributed by atoms with van der Waals surface area (Å²) in [6.07, 6.45) is 4.27. The number of hydrogen-bond donors (Lipinski definition) is 1. The molecule has 0 fully saturated rings. The molecule has 0 aliphatic rings. The van der Waals surface area contributed by atoms with Gasteiger partial charge in [-0.3, -0.25) is 9.78 Å². The second-order valence-corrected chi connectivity index (χ2v) is 3.73. The Hall–Kier alpha value is -1.42. The number of aliphatic hydroxyl groups is 1. The van der Waals surface area contributed by atoms with Crippen LogP contribution < -0.4 is 0 Å². The Morgan fingerprint density at radius 1 is 1.38 bits per heavy atom. The Morgan fingerprint density at radius 2 is 2.19 bits per heavy atom. The van der Waals surface area contributed by atoms with Crippen molar-refractivity contribution in [2.45, 2.75) is 19.3 Å². The molecule has 4 heteroatoms. The van der Waals surface area contributed by atoms with E-state index < -0.39 is 0 Å². The van der Waals surface area contributed by atoms with Gasteiger partial charge in [-0.25, -0.2) is 0 Å². The Morgan fingerprint density at radius 3 is 2.81 bits per heavy atom. The molecule has 1 heterocycles. The summed E-state index contributed by atoms with van der Waals surface area (Å²) in [6.45, 7) is 0.924. The maximum atomic E-state index is 11.8. The van der Waals surface area contributed by atoms with Crippen molar-refractivity contribution >= 4 is 5.91 Å². The molecule has 1 amide bonds. The monoisotopic (exact) mass is 222 g/mol. The first-order valence-electron chi connectivity index (χ1n) is 5.53. The third kappa shape index (κ3) is 3.98. The Labute approximate surface area is 95.9 Å². The van der Waals surface area contributed by atoms with E-state index >= 15 is 0 Å². The van der Waals surface area contributed by atoms with Crippen LogP contribution in [0, 0.1) is 0 Å². The summed E-state index contributed by atoms with van der Waals surface area (Å²) in [5.74, 6) is -0.0513. The summed E-state index contributed by atoms with van der Waals surface area (Å²) >= 11 is 0. The lowest BCUT2D eigenvalue weighted by Gasteiger charge is -2.16. The predicted octanol–water partition coefficient (Wildman–Crippen LogP) is 1.32. The highest BCUT2D eigenvalue weighted by Gasteiger charge is 2.11. The number of hydrogen-bond acceptors (Lipinski definition) is 3. The number of aliphatic hydroxyl groups excluding tert-OH is 1. The van der Waals surface area contributed by atoms with Gasteiger partial charge in [-0.1, -0.05) is 6.07 Å². The first-order valence-corrected chi connectivity index (χ1v) is 5.53. The topological polar surface area (TPSA) is 53.4 Å². The number of nitrogens with zero attached hydrogens (tertiary/aromatic N) is 2. The number of aromatic nitrogens is 1. The van der Waals surface area contributed by atoms with Crippen molar-refractivity contribution in [2.75, 3.05) is 20.2 Å². The maximum absolute atomic E-state index is 11.8. The van der Waals surface area contributed by atoms with Crippen LogP contribution in [0.25, 0.3) is 0 Å². The highest BCUT2D eigenvalue weighted by molar-refractivity contribution is 5.91. The Kier molecular flexibility index (Phi) is 5.50. The maximum Gasteiger partial charge on any atom is 0.272 e. The van der Waals surface area contributed by atoms with Crippen molar-refractivity contribution in [3.05, 3.63) is 30.1 Å². The van der Waals surface area contributed by atoms with Crippen LogP contribution in [-0.4, -0.2) is 41.1 Å². The minimum atomic E-state index is -0.0513. The Bertz CT molecular complexity index is 314. The molecule has 1 aromatic rings. The molecule has 1 rings (SSSR count). The lowest BCUT2D eigenvalue weighted by molar-refractivity contribution is 0.0786. The summed E-state index contributed by atoms with van der Waals surface area (Å²) in [6, 6.07) is 5.31. The van der Waals surface area contributed by atoms with Crippen LogP contribution in [-0.2, 0) is 0 Å². The van der Waals surface area contributed by atoms with Crippen molar-refractivity contribution < 1.29 is 9.90 Å². The minimum Gasteiger partial charge on any atom is -0.396 e. The van der Waals surface area contributed by atoms with Crippen molar-refractivity contribution in [2.24, 2.45) is 0 Å². The van der Waals surface area contributed by atoms with E-state index in [1.54, 1.807) is 36.3 Å². The van der Waals surface area contributed by atoms with Gasteiger partial charge in [0.2, 0.25) is 0 Å². The van der Waals surface area contributed by atoms with Crippen molar-refractivity contribution in [3.8, 4) is 0 Å². The van der Waals surface area contributed by atoms with E-state index in [1.807, 2.05) is 0 Å². The number of pyridine rings is 1. The zero-order valence-electron chi connectivity index (χ0n) is 9.59. The molecule has 0 aromatic carbocycles. The first-order chi connectivity index (χ1) is 7.75. The fourth-order valence-corrected chi connectivity index (χ4v) is 1.42. The molecular formula is C12H18N2O2. The number of rotatable bonds is 6. The van der Waals surface area contributed by atoms with Gasteiger partial charge in [-0.2, -0.15) is 0 Å². The van der Waals surface area contributed by atoms with E-state index in [0.717, 1.165) is 19.3 Å². The summed E-state index contributed by atoms with van der Waals surface area (Å²) in [7, 11) is 1.77. The normalized spacial score (nSPS) is 10.1. The standard InChI is InChI=1S/C12H18N2O2/c1-14(9-5-2-6-10-15)12(16)11-7-3-4-8-13-11/h3-4,7-8,15H,2,5-6,9-10H2,1H3. The lowest BCUT2D eigenvalue weighted by Crippen LogP contribution is -2.28. The number of unbranched alkanes of at least 4 members (excludes halogenated alkanes) is 2. The molecule has 0 saturated heterocycles. The van der Waals surface area contributed by atoms with Gasteiger partial charge in [0, 0.05) is 26.4 Å². The van der Waals surface area contributed by atoms with E-state index in [1.165, 1.54) is 0 Å². The van der Waals surface area contributed by atoms with E-state index in [0.29, 0.717) is 12.2 Å². The van der Waals surface area contributed by atoms with Crippen molar-refractivity contribution in [1.29, 1.82) is 0 Å². The fourth-order valence-electron chi connectivity index (χ4n) is 1.42. The molecule has 1 aromatic heterocycles. The van der Waals surface area contributed by atoms with Crippen LogP contribution in [0.1, 0.15) is 29.8 Å². The minimum absolute atomic E-state index is 0.0513. The molecule has 88 valence electrons. The zero-order chi connectivity index (χ0) is 11.8. The van der Waals surface area contributed by atoms with Gasteiger partial charge in [-0.05, 0) is 31.4 Å². The van der Waals surface area contributed by atoms with Gasteiger partial charge < -0.3 is 10.0 Å². The van der Waals surface area contributed by atoms with Crippen molar-refractivity contribution in [3.63, 3.8) is 0 Å². The third-order valence-corrected chi connectivity index (χ3v) is 2.38. The average Bonchev–Trinajstić information content (AvgIpc) is 2.34. The van der Waals surface area contributed by atoms with Gasteiger partial charge in [0.1, 0.15) is 5.69 Å². The van der Waals surface area contributed by atoms with E-state index in [9.17, 15) is 4.79 Å². The van der Waals surface area contributed by atoms with Gasteiger partial charge >= 0.3 is 0 Å². The molecule has 0 radical (unpaired) electrons. The molecular weight excluding hydrogens is 204 g/mol. The van der Waals surface area contributed by atoms with Crippen LogP contribution >= 0.6 is 0 Å². The zero-order valence-corrected chi connectivity index (χ0v) is 9.59. The predicted molar refractivity (Wildman–Crippen MR) is 62.1 cm³/mol.